The third kappa shape index (κ3) is 9.27. The summed E-state index contributed by atoms with van der Waals surface area (Å²) in [4.78, 5) is 44.9. The summed E-state index contributed by atoms with van der Waals surface area (Å²) in [6.07, 6.45) is 18.5. The molecule has 10 heteroatoms. The van der Waals surface area contributed by atoms with Crippen molar-refractivity contribution in [3.05, 3.63) is 47.8 Å². The Morgan fingerprint density at radius 1 is 0.558 bits per heavy atom. The molecule has 0 spiro atoms. The van der Waals surface area contributed by atoms with Gasteiger partial charge in [0.05, 0.1) is 11.2 Å². The zero-order valence-corrected chi connectivity index (χ0v) is 31.7. The quantitative estimate of drug-likeness (QED) is 0.309. The SMILES string of the molecule is CC1(O)CCC(N(C(=O)c2cccc(N3CCCCC3)n2)C2CC2)CC1.CC1(O)CCC(N(C(=O)c2cccc(N3CCCCC3)n2)C2CC2)CC1. The van der Waals surface area contributed by atoms with Crippen LogP contribution in [-0.2, 0) is 0 Å². The molecule has 4 saturated carbocycles. The van der Waals surface area contributed by atoms with Gasteiger partial charge in [-0.3, -0.25) is 9.59 Å². The van der Waals surface area contributed by atoms with Gasteiger partial charge >= 0.3 is 0 Å². The molecular formula is C42H62N6O4. The minimum Gasteiger partial charge on any atom is -0.390 e. The Hall–Kier alpha value is -3.24. The Balaban J connectivity index is 0.000000162. The summed E-state index contributed by atoms with van der Waals surface area (Å²) in [5, 5.41) is 20.5. The molecule has 2 aromatic heterocycles. The molecule has 0 radical (unpaired) electrons. The maximum atomic E-state index is 13.3. The lowest BCUT2D eigenvalue weighted by Gasteiger charge is -2.39. The van der Waals surface area contributed by atoms with Gasteiger partial charge in [0.1, 0.15) is 23.0 Å². The number of hydrogen-bond acceptors (Lipinski definition) is 8. The van der Waals surface area contributed by atoms with Crippen molar-refractivity contribution in [2.45, 2.75) is 165 Å². The highest BCUT2D eigenvalue weighted by atomic mass is 16.3. The van der Waals surface area contributed by atoms with Crippen molar-refractivity contribution in [1.82, 2.24) is 19.8 Å². The van der Waals surface area contributed by atoms with Crippen LogP contribution in [0.2, 0.25) is 0 Å². The van der Waals surface area contributed by atoms with E-state index in [0.717, 1.165) is 115 Å². The van der Waals surface area contributed by atoms with Crippen LogP contribution < -0.4 is 9.80 Å². The van der Waals surface area contributed by atoms with Gasteiger partial charge in [0.25, 0.3) is 11.8 Å². The summed E-state index contributed by atoms with van der Waals surface area (Å²) in [5.74, 6) is 2.05. The number of aromatic nitrogens is 2. The molecule has 52 heavy (non-hydrogen) atoms. The Kier molecular flexibility index (Phi) is 11.4. The number of anilines is 2. The zero-order valence-electron chi connectivity index (χ0n) is 31.7. The number of nitrogens with zero attached hydrogens (tertiary/aromatic N) is 6. The predicted octanol–water partition coefficient (Wildman–Crippen LogP) is 6.74. The maximum absolute atomic E-state index is 13.3. The monoisotopic (exact) mass is 714 g/mol. The van der Waals surface area contributed by atoms with Crippen molar-refractivity contribution >= 4 is 23.5 Å². The number of amides is 2. The van der Waals surface area contributed by atoms with E-state index in [1.807, 2.05) is 50.2 Å². The molecule has 2 aromatic rings. The van der Waals surface area contributed by atoms with Crippen LogP contribution in [0.1, 0.15) is 150 Å². The van der Waals surface area contributed by atoms with Crippen LogP contribution in [0.3, 0.4) is 0 Å². The number of pyridine rings is 2. The average Bonchev–Trinajstić information content (AvgIpc) is 4.11. The van der Waals surface area contributed by atoms with E-state index in [1.54, 1.807) is 0 Å². The second-order valence-corrected chi connectivity index (χ2v) is 17.2. The summed E-state index contributed by atoms with van der Waals surface area (Å²) in [7, 11) is 0. The Morgan fingerprint density at radius 3 is 1.21 bits per heavy atom. The van der Waals surface area contributed by atoms with E-state index in [-0.39, 0.29) is 23.9 Å². The molecule has 10 nitrogen and oxygen atoms in total. The van der Waals surface area contributed by atoms with Crippen molar-refractivity contribution in [2.24, 2.45) is 0 Å². The number of carbonyl (C=O) groups excluding carboxylic acids is 2. The molecule has 8 rings (SSSR count). The highest BCUT2D eigenvalue weighted by molar-refractivity contribution is 5.94. The first-order chi connectivity index (χ1) is 25.1. The van der Waals surface area contributed by atoms with Crippen molar-refractivity contribution in [2.75, 3.05) is 36.0 Å². The lowest BCUT2D eigenvalue weighted by molar-refractivity contribution is -0.00512. The standard InChI is InChI=1S/2C21H31N3O2/c2*1-21(26)12-10-17(11-13-21)24(16-8-9-16)20(25)18-6-5-7-19(22-18)23-14-3-2-4-15-23/h2*5-7,16-17,26H,2-4,8-15H2,1H3. The fraction of sp³-hybridized carbons (Fsp3) is 0.714. The lowest BCUT2D eigenvalue weighted by Crippen LogP contribution is -2.46. The smallest absolute Gasteiger partial charge is 0.273 e. The molecule has 2 N–H and O–H groups in total. The first-order valence-corrected chi connectivity index (χ1v) is 20.6. The molecule has 0 bridgehead atoms. The molecule has 0 atom stereocenters. The van der Waals surface area contributed by atoms with Crippen LogP contribution >= 0.6 is 0 Å². The van der Waals surface area contributed by atoms with Gasteiger partial charge in [-0.25, -0.2) is 9.97 Å². The van der Waals surface area contributed by atoms with Gasteiger partial charge in [-0.05, 0) is 154 Å². The fourth-order valence-electron chi connectivity index (χ4n) is 8.92. The van der Waals surface area contributed by atoms with Gasteiger partial charge in [-0.15, -0.1) is 0 Å². The van der Waals surface area contributed by atoms with Crippen LogP contribution in [0.4, 0.5) is 11.6 Å². The molecule has 6 aliphatic rings. The average molecular weight is 715 g/mol. The summed E-state index contributed by atoms with van der Waals surface area (Å²) in [6, 6.07) is 13.0. The molecule has 4 aliphatic carbocycles. The van der Waals surface area contributed by atoms with Gasteiger partial charge in [-0.2, -0.15) is 0 Å². The largest absolute Gasteiger partial charge is 0.390 e. The third-order valence-corrected chi connectivity index (χ3v) is 12.5. The van der Waals surface area contributed by atoms with Crippen LogP contribution in [-0.4, -0.2) is 103 Å². The second-order valence-electron chi connectivity index (χ2n) is 17.2. The molecule has 0 unspecified atom stereocenters. The molecule has 2 saturated heterocycles. The Bertz CT molecular complexity index is 1390. The van der Waals surface area contributed by atoms with Crippen molar-refractivity contribution in [1.29, 1.82) is 0 Å². The molecule has 6 fully saturated rings. The summed E-state index contributed by atoms with van der Waals surface area (Å²) in [5.41, 5.74) is 0.0252. The summed E-state index contributed by atoms with van der Waals surface area (Å²) in [6.45, 7) is 7.97. The molecule has 2 amide bonds. The number of aliphatic hydroxyl groups is 2. The van der Waals surface area contributed by atoms with Gasteiger partial charge in [0.15, 0.2) is 0 Å². The number of carbonyl (C=O) groups is 2. The van der Waals surface area contributed by atoms with E-state index >= 15 is 0 Å². The highest BCUT2D eigenvalue weighted by Gasteiger charge is 2.43. The van der Waals surface area contributed by atoms with E-state index in [9.17, 15) is 19.8 Å². The van der Waals surface area contributed by atoms with Gasteiger partial charge in [0.2, 0.25) is 0 Å². The Labute approximate surface area is 311 Å². The normalized spacial score (nSPS) is 29.5. The molecule has 284 valence electrons. The van der Waals surface area contributed by atoms with Crippen LogP contribution in [0.15, 0.2) is 36.4 Å². The third-order valence-electron chi connectivity index (χ3n) is 12.5. The van der Waals surface area contributed by atoms with E-state index in [2.05, 4.69) is 19.6 Å². The van der Waals surface area contributed by atoms with Gasteiger partial charge < -0.3 is 29.8 Å². The molecular weight excluding hydrogens is 652 g/mol. The predicted molar refractivity (Wildman–Crippen MR) is 205 cm³/mol. The first-order valence-electron chi connectivity index (χ1n) is 20.6. The molecule has 4 heterocycles. The van der Waals surface area contributed by atoms with E-state index in [0.29, 0.717) is 23.5 Å². The zero-order chi connectivity index (χ0) is 36.3. The summed E-state index contributed by atoms with van der Waals surface area (Å²) >= 11 is 0. The topological polar surface area (TPSA) is 113 Å². The fourth-order valence-corrected chi connectivity index (χ4v) is 8.92. The van der Waals surface area contributed by atoms with Crippen LogP contribution in [0.25, 0.3) is 0 Å². The second kappa shape index (κ2) is 16.0. The maximum Gasteiger partial charge on any atom is 0.273 e. The van der Waals surface area contributed by atoms with E-state index in [1.165, 1.54) is 38.5 Å². The minimum absolute atomic E-state index is 0.0814. The number of hydrogen-bond donors (Lipinski definition) is 2. The van der Waals surface area contributed by atoms with Crippen molar-refractivity contribution in [3.63, 3.8) is 0 Å². The minimum atomic E-state index is -0.568. The molecule has 2 aliphatic heterocycles. The van der Waals surface area contributed by atoms with Crippen LogP contribution in [0, 0.1) is 0 Å². The lowest BCUT2D eigenvalue weighted by atomic mass is 9.83. The van der Waals surface area contributed by atoms with Gasteiger partial charge in [0, 0.05) is 50.3 Å². The highest BCUT2D eigenvalue weighted by Crippen LogP contribution is 2.39. The first kappa shape index (κ1) is 37.1. The van der Waals surface area contributed by atoms with Crippen molar-refractivity contribution < 1.29 is 19.8 Å². The van der Waals surface area contributed by atoms with E-state index in [4.69, 9.17) is 9.97 Å². The summed E-state index contributed by atoms with van der Waals surface area (Å²) < 4.78 is 0. The van der Waals surface area contributed by atoms with Gasteiger partial charge in [-0.1, -0.05) is 12.1 Å². The van der Waals surface area contributed by atoms with E-state index < -0.39 is 11.2 Å². The van der Waals surface area contributed by atoms with Crippen molar-refractivity contribution in [3.8, 4) is 0 Å². The van der Waals surface area contributed by atoms with Crippen LogP contribution in [0.5, 0.6) is 0 Å². The Morgan fingerprint density at radius 2 is 0.885 bits per heavy atom. The number of piperidine rings is 2. The number of rotatable bonds is 8. The molecule has 0 aromatic carbocycles.